The van der Waals surface area contributed by atoms with Crippen molar-refractivity contribution in [2.24, 2.45) is 0 Å². The molecule has 3 heterocycles. The molecule has 2 amide bonds. The van der Waals surface area contributed by atoms with E-state index in [1.807, 2.05) is 30.4 Å². The van der Waals surface area contributed by atoms with Gasteiger partial charge in [0, 0.05) is 41.6 Å². The lowest BCUT2D eigenvalue weighted by Gasteiger charge is -2.26. The van der Waals surface area contributed by atoms with Gasteiger partial charge in [-0.2, -0.15) is 0 Å². The van der Waals surface area contributed by atoms with Crippen LogP contribution < -0.4 is 10.6 Å². The second-order valence-electron chi connectivity index (χ2n) is 8.05. The number of rotatable bonds is 7. The molecule has 8 heteroatoms. The maximum absolute atomic E-state index is 12.8. The minimum absolute atomic E-state index is 0.158. The van der Waals surface area contributed by atoms with Gasteiger partial charge in [0.25, 0.3) is 0 Å². The number of fused-ring (bicyclic) bond motifs is 1. The van der Waals surface area contributed by atoms with Crippen LogP contribution in [0.15, 0.2) is 48.8 Å². The van der Waals surface area contributed by atoms with E-state index >= 15 is 0 Å². The molecular weight excluding hydrogens is 436 g/mol. The Morgan fingerprint density at radius 2 is 1.88 bits per heavy atom. The number of nitrogens with zero attached hydrogens (tertiary/aromatic N) is 2. The van der Waals surface area contributed by atoms with Crippen LogP contribution in [0, 0.1) is 0 Å². The lowest BCUT2D eigenvalue weighted by atomic mass is 9.98. The Hall–Kier alpha value is -3.10. The van der Waals surface area contributed by atoms with Crippen LogP contribution in [0.3, 0.4) is 0 Å². The van der Waals surface area contributed by atoms with Gasteiger partial charge in [0.15, 0.2) is 0 Å². The SMILES string of the molecule is CCOC(=O)c1ccc(NC(=O)N[C@@H](C)c2c(-n3cccc3)sc3c2CCN(CC)C3)cc1. The van der Waals surface area contributed by atoms with Crippen LogP contribution in [0.1, 0.15) is 53.2 Å². The number of ether oxygens (including phenoxy) is 1. The van der Waals surface area contributed by atoms with Gasteiger partial charge in [0.05, 0.1) is 18.2 Å². The number of hydrogen-bond acceptors (Lipinski definition) is 5. The first-order valence-corrected chi connectivity index (χ1v) is 12.2. The number of likely N-dealkylation sites (N-methyl/N-ethyl adjacent to an activating group) is 1. The fraction of sp³-hybridized carbons (Fsp3) is 0.360. The number of nitrogens with one attached hydrogen (secondary N) is 2. The summed E-state index contributed by atoms with van der Waals surface area (Å²) in [5.41, 5.74) is 3.62. The van der Waals surface area contributed by atoms with E-state index in [9.17, 15) is 9.59 Å². The summed E-state index contributed by atoms with van der Waals surface area (Å²) in [6.07, 6.45) is 5.09. The summed E-state index contributed by atoms with van der Waals surface area (Å²) in [6.45, 7) is 9.35. The highest BCUT2D eigenvalue weighted by Crippen LogP contribution is 2.39. The molecule has 33 heavy (non-hydrogen) atoms. The number of hydrogen-bond donors (Lipinski definition) is 2. The van der Waals surface area contributed by atoms with Gasteiger partial charge in [0.1, 0.15) is 5.00 Å². The third-order valence-corrected chi connectivity index (χ3v) is 7.12. The molecule has 0 saturated heterocycles. The minimum Gasteiger partial charge on any atom is -0.462 e. The molecule has 1 aliphatic rings. The number of benzene rings is 1. The van der Waals surface area contributed by atoms with Gasteiger partial charge in [-0.05, 0) is 68.8 Å². The summed E-state index contributed by atoms with van der Waals surface area (Å²) in [6, 6.07) is 10.3. The van der Waals surface area contributed by atoms with Gasteiger partial charge in [-0.15, -0.1) is 11.3 Å². The molecule has 1 aromatic carbocycles. The summed E-state index contributed by atoms with van der Waals surface area (Å²) >= 11 is 1.81. The maximum Gasteiger partial charge on any atom is 0.338 e. The van der Waals surface area contributed by atoms with Crippen molar-refractivity contribution in [3.8, 4) is 5.00 Å². The van der Waals surface area contributed by atoms with Crippen LogP contribution >= 0.6 is 11.3 Å². The fourth-order valence-corrected chi connectivity index (χ4v) is 5.64. The molecule has 0 fully saturated rings. The molecule has 7 nitrogen and oxygen atoms in total. The van der Waals surface area contributed by atoms with E-state index in [0.717, 1.165) is 31.1 Å². The average molecular weight is 467 g/mol. The normalized spacial score (nSPS) is 14.4. The van der Waals surface area contributed by atoms with Crippen LogP contribution in [0.2, 0.25) is 0 Å². The Kier molecular flexibility index (Phi) is 7.15. The molecule has 3 aromatic rings. The first kappa shape index (κ1) is 23.1. The number of carbonyl (C=O) groups is 2. The maximum atomic E-state index is 12.8. The quantitative estimate of drug-likeness (QED) is 0.482. The van der Waals surface area contributed by atoms with Gasteiger partial charge in [-0.25, -0.2) is 9.59 Å². The van der Waals surface area contributed by atoms with E-state index in [2.05, 4.69) is 39.4 Å². The molecule has 0 unspecified atom stereocenters. The van der Waals surface area contributed by atoms with Crippen molar-refractivity contribution >= 4 is 29.0 Å². The van der Waals surface area contributed by atoms with E-state index in [0.29, 0.717) is 17.9 Å². The molecule has 4 rings (SSSR count). The van der Waals surface area contributed by atoms with Gasteiger partial charge in [-0.1, -0.05) is 6.92 Å². The van der Waals surface area contributed by atoms with Crippen molar-refractivity contribution in [2.45, 2.75) is 39.8 Å². The molecule has 2 N–H and O–H groups in total. The lowest BCUT2D eigenvalue weighted by molar-refractivity contribution is 0.0526. The number of thiophene rings is 1. The topological polar surface area (TPSA) is 75.6 Å². The van der Waals surface area contributed by atoms with E-state index < -0.39 is 0 Å². The third-order valence-electron chi connectivity index (χ3n) is 5.88. The highest BCUT2D eigenvalue weighted by atomic mass is 32.1. The van der Waals surface area contributed by atoms with E-state index in [-0.39, 0.29) is 18.0 Å². The number of amides is 2. The summed E-state index contributed by atoms with van der Waals surface area (Å²) in [5, 5.41) is 7.14. The fourth-order valence-electron chi connectivity index (χ4n) is 4.18. The second kappa shape index (κ2) is 10.2. The zero-order valence-electron chi connectivity index (χ0n) is 19.3. The van der Waals surface area contributed by atoms with Crippen molar-refractivity contribution in [3.05, 3.63) is 70.4 Å². The Morgan fingerprint density at radius 3 is 2.55 bits per heavy atom. The average Bonchev–Trinajstić information content (AvgIpc) is 3.47. The third kappa shape index (κ3) is 5.12. The molecule has 0 spiro atoms. The summed E-state index contributed by atoms with van der Waals surface area (Å²) in [7, 11) is 0. The Morgan fingerprint density at radius 1 is 1.15 bits per heavy atom. The molecule has 2 aromatic heterocycles. The molecule has 0 bridgehead atoms. The summed E-state index contributed by atoms with van der Waals surface area (Å²) in [4.78, 5) is 28.4. The first-order chi connectivity index (χ1) is 16.0. The minimum atomic E-state index is -0.372. The highest BCUT2D eigenvalue weighted by molar-refractivity contribution is 7.15. The molecule has 174 valence electrons. The van der Waals surface area contributed by atoms with Gasteiger partial charge >= 0.3 is 12.0 Å². The number of carbonyl (C=O) groups excluding carboxylic acids is 2. The van der Waals surface area contributed by atoms with Crippen molar-refractivity contribution in [2.75, 3.05) is 25.0 Å². The molecule has 1 aliphatic heterocycles. The van der Waals surface area contributed by atoms with Crippen molar-refractivity contribution in [1.82, 2.24) is 14.8 Å². The lowest BCUT2D eigenvalue weighted by Crippen LogP contribution is -2.33. The molecule has 0 radical (unpaired) electrons. The molecule has 0 aliphatic carbocycles. The van der Waals surface area contributed by atoms with Crippen molar-refractivity contribution < 1.29 is 14.3 Å². The summed E-state index contributed by atoms with van der Waals surface area (Å²) < 4.78 is 7.14. The Labute approximate surface area is 198 Å². The van der Waals surface area contributed by atoms with E-state index in [1.54, 1.807) is 31.2 Å². The Bertz CT molecular complexity index is 1110. The predicted molar refractivity (Wildman–Crippen MR) is 131 cm³/mol. The number of urea groups is 1. The number of anilines is 1. The monoisotopic (exact) mass is 466 g/mol. The predicted octanol–water partition coefficient (Wildman–Crippen LogP) is 4.98. The van der Waals surface area contributed by atoms with Crippen LogP contribution in [0.4, 0.5) is 10.5 Å². The standard InChI is InChI=1S/C25H30N4O3S/c1-4-28-15-12-20-21(16-28)33-23(29-13-6-7-14-29)22(20)17(3)26-25(31)27-19-10-8-18(9-11-19)24(30)32-5-2/h6-11,13-14,17H,4-5,12,15-16H2,1-3H3,(H2,26,27,31)/t17-/m0/s1. The zero-order valence-corrected chi connectivity index (χ0v) is 20.1. The van der Waals surface area contributed by atoms with Crippen molar-refractivity contribution in [1.29, 1.82) is 0 Å². The molecule has 0 saturated carbocycles. The summed E-state index contributed by atoms with van der Waals surface area (Å²) in [5.74, 6) is -0.372. The smallest absolute Gasteiger partial charge is 0.338 e. The molecule has 1 atom stereocenters. The van der Waals surface area contributed by atoms with Crippen LogP contribution in [-0.2, 0) is 17.7 Å². The Balaban J connectivity index is 1.50. The number of esters is 1. The zero-order chi connectivity index (χ0) is 23.4. The van der Waals surface area contributed by atoms with Crippen LogP contribution in [0.5, 0.6) is 0 Å². The molecular formula is C25H30N4O3S. The second-order valence-corrected chi connectivity index (χ2v) is 9.13. The van der Waals surface area contributed by atoms with Crippen LogP contribution in [0.25, 0.3) is 5.00 Å². The van der Waals surface area contributed by atoms with Crippen LogP contribution in [-0.4, -0.2) is 41.2 Å². The van der Waals surface area contributed by atoms with Crippen molar-refractivity contribution in [3.63, 3.8) is 0 Å². The largest absolute Gasteiger partial charge is 0.462 e. The van der Waals surface area contributed by atoms with E-state index in [1.165, 1.54) is 16.0 Å². The van der Waals surface area contributed by atoms with E-state index in [4.69, 9.17) is 4.74 Å². The number of aromatic nitrogens is 1. The van der Waals surface area contributed by atoms with Gasteiger partial charge < -0.3 is 19.9 Å². The van der Waals surface area contributed by atoms with Gasteiger partial charge in [-0.3, -0.25) is 4.90 Å². The first-order valence-electron chi connectivity index (χ1n) is 11.3. The highest BCUT2D eigenvalue weighted by Gasteiger charge is 2.28. The van der Waals surface area contributed by atoms with Gasteiger partial charge in [0.2, 0.25) is 0 Å².